The lowest BCUT2D eigenvalue weighted by Crippen LogP contribution is -1.99. The van der Waals surface area contributed by atoms with E-state index in [1.54, 1.807) is 0 Å². The highest BCUT2D eigenvalue weighted by Gasteiger charge is 2.01. The van der Waals surface area contributed by atoms with Crippen LogP contribution in [0.4, 0.5) is 0 Å². The van der Waals surface area contributed by atoms with Crippen molar-refractivity contribution >= 4 is 17.5 Å². The molecule has 0 heterocycles. The minimum atomic E-state index is 0.474. The van der Waals surface area contributed by atoms with Crippen LogP contribution < -0.4 is 0 Å². The van der Waals surface area contributed by atoms with E-state index in [1.165, 1.54) is 50.7 Å². The molecule has 0 radical (unpaired) electrons. The van der Waals surface area contributed by atoms with Crippen LogP contribution in [0.2, 0.25) is 0 Å². The number of hydrogen-bond acceptors (Lipinski definition) is 2. The van der Waals surface area contributed by atoms with E-state index in [9.17, 15) is 4.79 Å². The summed E-state index contributed by atoms with van der Waals surface area (Å²) in [5.41, 5.74) is 0. The van der Waals surface area contributed by atoms with Crippen LogP contribution in [0.3, 0.4) is 0 Å². The molecular weight excluding hydrogens is 228 g/mol. The van der Waals surface area contributed by atoms with Gasteiger partial charge in [-0.2, -0.15) is 11.8 Å². The summed E-state index contributed by atoms with van der Waals surface area (Å²) in [5, 5.41) is 0. The van der Waals surface area contributed by atoms with E-state index < -0.39 is 0 Å². The fourth-order valence-corrected chi connectivity index (χ4v) is 2.78. The van der Waals surface area contributed by atoms with Gasteiger partial charge in [0.2, 0.25) is 0 Å². The van der Waals surface area contributed by atoms with E-state index in [1.807, 2.05) is 11.8 Å². The molecule has 0 N–H and O–H groups in total. The molecule has 0 fully saturated rings. The zero-order valence-corrected chi connectivity index (χ0v) is 12.6. The van der Waals surface area contributed by atoms with Crippen molar-refractivity contribution in [2.45, 2.75) is 78.1 Å². The maximum atomic E-state index is 11.5. The normalized spacial score (nSPS) is 10.7. The minimum absolute atomic E-state index is 0.474. The number of rotatable bonds is 13. The zero-order valence-electron chi connectivity index (χ0n) is 11.8. The van der Waals surface area contributed by atoms with Gasteiger partial charge in [0, 0.05) is 18.6 Å². The van der Waals surface area contributed by atoms with Gasteiger partial charge in [-0.15, -0.1) is 0 Å². The third kappa shape index (κ3) is 14.0. The van der Waals surface area contributed by atoms with E-state index >= 15 is 0 Å². The molecule has 0 aliphatic carbocycles. The Hall–Kier alpha value is 0.0200. The lowest BCUT2D eigenvalue weighted by atomic mass is 10.1. The van der Waals surface area contributed by atoms with Gasteiger partial charge in [0.1, 0.15) is 5.78 Å². The van der Waals surface area contributed by atoms with Gasteiger partial charge in [0.25, 0.3) is 0 Å². The molecule has 2 heteroatoms. The highest BCUT2D eigenvalue weighted by atomic mass is 32.2. The summed E-state index contributed by atoms with van der Waals surface area (Å²) in [6.07, 6.45) is 11.8. The first-order chi connectivity index (χ1) is 8.31. The molecule has 0 amide bonds. The molecule has 0 aliphatic rings. The standard InChI is InChI=1S/C15H30OS/c1-3-5-7-9-11-15(16)12-14-17-13-10-8-6-4-2/h3-14H2,1-2H3. The maximum absolute atomic E-state index is 11.5. The monoisotopic (exact) mass is 258 g/mol. The Bertz CT molecular complexity index is 168. The smallest absolute Gasteiger partial charge is 0.133 e. The third-order valence-electron chi connectivity index (χ3n) is 2.98. The number of carbonyl (C=O) groups is 1. The molecule has 0 aromatic carbocycles. The molecule has 102 valence electrons. The van der Waals surface area contributed by atoms with Gasteiger partial charge >= 0.3 is 0 Å². The van der Waals surface area contributed by atoms with Gasteiger partial charge in [-0.25, -0.2) is 0 Å². The Morgan fingerprint density at radius 1 is 0.765 bits per heavy atom. The summed E-state index contributed by atoms with van der Waals surface area (Å²) in [6.45, 7) is 4.45. The van der Waals surface area contributed by atoms with Gasteiger partial charge in [0.15, 0.2) is 0 Å². The summed E-state index contributed by atoms with van der Waals surface area (Å²) in [7, 11) is 0. The van der Waals surface area contributed by atoms with E-state index in [0.717, 1.165) is 25.0 Å². The molecule has 0 saturated carbocycles. The van der Waals surface area contributed by atoms with Crippen LogP contribution in [0.15, 0.2) is 0 Å². The van der Waals surface area contributed by atoms with Crippen molar-refractivity contribution in [2.75, 3.05) is 11.5 Å². The van der Waals surface area contributed by atoms with Crippen LogP contribution in [0.5, 0.6) is 0 Å². The Kier molecular flexibility index (Phi) is 14.1. The summed E-state index contributed by atoms with van der Waals surface area (Å²) < 4.78 is 0. The lowest BCUT2D eigenvalue weighted by molar-refractivity contribution is -0.118. The highest BCUT2D eigenvalue weighted by Crippen LogP contribution is 2.11. The second kappa shape index (κ2) is 14.1. The summed E-state index contributed by atoms with van der Waals surface area (Å²) in [6, 6.07) is 0. The molecule has 0 spiro atoms. The number of thioether (sulfide) groups is 1. The predicted molar refractivity (Wildman–Crippen MR) is 79.9 cm³/mol. The van der Waals surface area contributed by atoms with Crippen molar-refractivity contribution in [3.8, 4) is 0 Å². The third-order valence-corrected chi connectivity index (χ3v) is 4.05. The van der Waals surface area contributed by atoms with Crippen molar-refractivity contribution in [2.24, 2.45) is 0 Å². The maximum Gasteiger partial charge on any atom is 0.133 e. The van der Waals surface area contributed by atoms with Gasteiger partial charge in [-0.3, -0.25) is 4.79 Å². The second-order valence-corrected chi connectivity index (χ2v) is 6.00. The van der Waals surface area contributed by atoms with Crippen molar-refractivity contribution in [3.63, 3.8) is 0 Å². The van der Waals surface area contributed by atoms with Crippen LogP contribution in [0, 0.1) is 0 Å². The number of unbranched alkanes of at least 4 members (excludes halogenated alkanes) is 6. The second-order valence-electron chi connectivity index (χ2n) is 4.77. The van der Waals surface area contributed by atoms with E-state index in [-0.39, 0.29) is 0 Å². The SMILES string of the molecule is CCCCCCSCCC(=O)CCCCCC. The Labute approximate surface area is 112 Å². The van der Waals surface area contributed by atoms with Crippen LogP contribution >= 0.6 is 11.8 Å². The van der Waals surface area contributed by atoms with Crippen molar-refractivity contribution in [1.29, 1.82) is 0 Å². The van der Waals surface area contributed by atoms with E-state index in [4.69, 9.17) is 0 Å². The van der Waals surface area contributed by atoms with Gasteiger partial charge in [-0.1, -0.05) is 52.4 Å². The van der Waals surface area contributed by atoms with E-state index in [0.29, 0.717) is 5.78 Å². The number of Topliss-reactive ketones (excluding diaryl/α,β-unsaturated/α-hetero) is 1. The number of ketones is 1. The fourth-order valence-electron chi connectivity index (χ4n) is 1.79. The Morgan fingerprint density at radius 2 is 1.41 bits per heavy atom. The molecule has 17 heavy (non-hydrogen) atoms. The van der Waals surface area contributed by atoms with Crippen LogP contribution in [-0.2, 0) is 4.79 Å². The zero-order chi connectivity index (χ0) is 12.8. The minimum Gasteiger partial charge on any atom is -0.300 e. The summed E-state index contributed by atoms with van der Waals surface area (Å²) in [4.78, 5) is 11.5. The lowest BCUT2D eigenvalue weighted by Gasteiger charge is -2.02. The number of carbonyl (C=O) groups excluding carboxylic acids is 1. The highest BCUT2D eigenvalue weighted by molar-refractivity contribution is 7.99. The average molecular weight is 258 g/mol. The first kappa shape index (κ1) is 17.0. The largest absolute Gasteiger partial charge is 0.300 e. The molecule has 0 rings (SSSR count). The van der Waals surface area contributed by atoms with Crippen molar-refractivity contribution in [1.82, 2.24) is 0 Å². The van der Waals surface area contributed by atoms with Crippen LogP contribution in [-0.4, -0.2) is 17.3 Å². The molecule has 1 nitrogen and oxygen atoms in total. The summed E-state index contributed by atoms with van der Waals surface area (Å²) in [5.74, 6) is 2.75. The topological polar surface area (TPSA) is 17.1 Å². The molecule has 0 aromatic heterocycles. The van der Waals surface area contributed by atoms with Crippen LogP contribution in [0.1, 0.15) is 78.1 Å². The van der Waals surface area contributed by atoms with Gasteiger partial charge in [-0.05, 0) is 18.6 Å². The molecule has 0 saturated heterocycles. The molecule has 0 bridgehead atoms. The van der Waals surface area contributed by atoms with E-state index in [2.05, 4.69) is 13.8 Å². The first-order valence-corrected chi connectivity index (χ1v) is 8.56. The molecule has 0 aliphatic heterocycles. The summed E-state index contributed by atoms with van der Waals surface area (Å²) >= 11 is 1.95. The predicted octanol–water partition coefficient (Wildman–Crippen LogP) is 5.23. The average Bonchev–Trinajstić information content (AvgIpc) is 2.33. The van der Waals surface area contributed by atoms with Crippen molar-refractivity contribution < 1.29 is 4.79 Å². The fraction of sp³-hybridized carbons (Fsp3) is 0.933. The van der Waals surface area contributed by atoms with Gasteiger partial charge in [0.05, 0.1) is 0 Å². The quantitative estimate of drug-likeness (QED) is 0.421. The molecule has 0 atom stereocenters. The molecule has 0 unspecified atom stereocenters. The Morgan fingerprint density at radius 3 is 2.06 bits per heavy atom. The number of hydrogen-bond donors (Lipinski definition) is 0. The first-order valence-electron chi connectivity index (χ1n) is 7.40. The van der Waals surface area contributed by atoms with Gasteiger partial charge < -0.3 is 0 Å². The van der Waals surface area contributed by atoms with Crippen LogP contribution in [0.25, 0.3) is 0 Å². The molecule has 0 aromatic rings. The van der Waals surface area contributed by atoms with Crippen molar-refractivity contribution in [3.05, 3.63) is 0 Å². The molecular formula is C15H30OS. The Balaban J connectivity index is 3.11.